The monoisotopic (exact) mass is 363 g/mol. The van der Waals surface area contributed by atoms with Crippen molar-refractivity contribution in [1.82, 2.24) is 10.6 Å². The van der Waals surface area contributed by atoms with Gasteiger partial charge in [0.25, 0.3) is 0 Å². The quantitative estimate of drug-likeness (QED) is 0.582. The molecule has 0 aliphatic carbocycles. The fourth-order valence-electron chi connectivity index (χ4n) is 2.28. The van der Waals surface area contributed by atoms with Crippen LogP contribution in [0.25, 0.3) is 0 Å². The summed E-state index contributed by atoms with van der Waals surface area (Å²) in [6, 6.07) is 9.09. The van der Waals surface area contributed by atoms with E-state index in [0.29, 0.717) is 6.54 Å². The van der Waals surface area contributed by atoms with E-state index in [-0.39, 0.29) is 18.7 Å². The second-order valence-electron chi connectivity index (χ2n) is 7.08. The Kier molecular flexibility index (Phi) is 8.61. The predicted molar refractivity (Wildman–Crippen MR) is 99.4 cm³/mol. The van der Waals surface area contributed by atoms with E-state index in [1.165, 1.54) is 5.56 Å². The highest BCUT2D eigenvalue weighted by Gasteiger charge is 2.24. The molecule has 0 unspecified atom stereocenters. The molecule has 4 N–H and O–H groups in total. The minimum Gasteiger partial charge on any atom is -0.444 e. The van der Waals surface area contributed by atoms with Crippen molar-refractivity contribution in [3.8, 4) is 0 Å². The molecular formula is C19H29N3O4. The third kappa shape index (κ3) is 9.66. The van der Waals surface area contributed by atoms with Crippen LogP contribution in [-0.2, 0) is 20.7 Å². The van der Waals surface area contributed by atoms with Crippen LogP contribution in [0.3, 0.4) is 0 Å². The number of ether oxygens (including phenoxy) is 1. The minimum atomic E-state index is -0.867. The molecule has 1 aromatic rings. The van der Waals surface area contributed by atoms with Crippen molar-refractivity contribution in [2.24, 2.45) is 5.73 Å². The van der Waals surface area contributed by atoms with Gasteiger partial charge in [-0.1, -0.05) is 30.3 Å². The van der Waals surface area contributed by atoms with E-state index in [0.717, 1.165) is 12.8 Å². The Morgan fingerprint density at radius 2 is 1.81 bits per heavy atom. The largest absolute Gasteiger partial charge is 0.444 e. The van der Waals surface area contributed by atoms with Crippen LogP contribution in [0.2, 0.25) is 0 Å². The maximum Gasteiger partial charge on any atom is 0.408 e. The number of alkyl carbamates (subject to hydrolysis) is 1. The lowest BCUT2D eigenvalue weighted by Gasteiger charge is -2.23. The number of hydrogen-bond donors (Lipinski definition) is 3. The van der Waals surface area contributed by atoms with Crippen molar-refractivity contribution in [3.05, 3.63) is 35.9 Å². The van der Waals surface area contributed by atoms with Crippen LogP contribution in [0, 0.1) is 0 Å². The molecule has 0 aliphatic rings. The summed E-state index contributed by atoms with van der Waals surface area (Å²) in [6.07, 6.45) is 1.03. The fourth-order valence-corrected chi connectivity index (χ4v) is 2.28. The fraction of sp³-hybridized carbons (Fsp3) is 0.526. The molecule has 3 amide bonds. The molecule has 0 saturated carbocycles. The van der Waals surface area contributed by atoms with Crippen LogP contribution in [0.4, 0.5) is 4.79 Å². The van der Waals surface area contributed by atoms with Crippen LogP contribution < -0.4 is 16.4 Å². The summed E-state index contributed by atoms with van der Waals surface area (Å²) in [7, 11) is 0. The molecule has 0 spiro atoms. The highest BCUT2D eigenvalue weighted by molar-refractivity contribution is 5.86. The lowest BCUT2D eigenvalue weighted by molar-refractivity contribution is -0.123. The van der Waals surface area contributed by atoms with Gasteiger partial charge in [-0.25, -0.2) is 4.79 Å². The van der Waals surface area contributed by atoms with Gasteiger partial charge in [0.1, 0.15) is 11.6 Å². The molecule has 0 fully saturated rings. The lowest BCUT2D eigenvalue weighted by Crippen LogP contribution is -2.48. The Hall–Kier alpha value is -2.57. The van der Waals surface area contributed by atoms with Gasteiger partial charge in [0.15, 0.2) is 0 Å². The molecule has 144 valence electrons. The first-order valence-corrected chi connectivity index (χ1v) is 8.77. The molecule has 0 saturated heterocycles. The number of aryl methyl sites for hydroxylation is 1. The van der Waals surface area contributed by atoms with E-state index in [9.17, 15) is 14.4 Å². The summed E-state index contributed by atoms with van der Waals surface area (Å²) in [5.74, 6) is -0.886. The number of amides is 3. The Morgan fingerprint density at radius 3 is 2.38 bits per heavy atom. The summed E-state index contributed by atoms with van der Waals surface area (Å²) < 4.78 is 5.16. The number of primary amides is 1. The second-order valence-corrected chi connectivity index (χ2v) is 7.08. The molecule has 26 heavy (non-hydrogen) atoms. The van der Waals surface area contributed by atoms with Crippen LogP contribution in [0.5, 0.6) is 0 Å². The van der Waals surface area contributed by atoms with Gasteiger partial charge in [0.05, 0.1) is 0 Å². The average molecular weight is 363 g/mol. The van der Waals surface area contributed by atoms with Crippen molar-refractivity contribution in [2.45, 2.75) is 58.1 Å². The predicted octanol–water partition coefficient (Wildman–Crippen LogP) is 1.89. The average Bonchev–Trinajstić information content (AvgIpc) is 2.54. The maximum absolute atomic E-state index is 12.3. The first-order chi connectivity index (χ1) is 12.2. The molecular weight excluding hydrogens is 334 g/mol. The number of benzene rings is 1. The Labute approximate surface area is 154 Å². The van der Waals surface area contributed by atoms with Crippen LogP contribution >= 0.6 is 0 Å². The van der Waals surface area contributed by atoms with Gasteiger partial charge in [-0.15, -0.1) is 0 Å². The van der Waals surface area contributed by atoms with E-state index >= 15 is 0 Å². The molecule has 0 aliphatic heterocycles. The van der Waals surface area contributed by atoms with Crippen molar-refractivity contribution in [2.75, 3.05) is 6.54 Å². The number of carbonyl (C=O) groups is 3. The first-order valence-electron chi connectivity index (χ1n) is 8.77. The molecule has 0 heterocycles. The number of nitrogens with one attached hydrogen (secondary N) is 2. The highest BCUT2D eigenvalue weighted by atomic mass is 16.6. The normalized spacial score (nSPS) is 12.1. The zero-order chi connectivity index (χ0) is 19.6. The summed E-state index contributed by atoms with van der Waals surface area (Å²) in [4.78, 5) is 35.2. The van der Waals surface area contributed by atoms with E-state index < -0.39 is 23.6 Å². The van der Waals surface area contributed by atoms with Crippen LogP contribution in [0.15, 0.2) is 30.3 Å². The Bertz CT molecular complexity index is 597. The minimum absolute atomic E-state index is 0.00208. The third-order valence-electron chi connectivity index (χ3n) is 3.47. The van der Waals surface area contributed by atoms with Gasteiger partial charge in [0, 0.05) is 13.0 Å². The third-order valence-corrected chi connectivity index (χ3v) is 3.47. The molecule has 0 aromatic heterocycles. The topological polar surface area (TPSA) is 111 Å². The smallest absolute Gasteiger partial charge is 0.408 e. The lowest BCUT2D eigenvalue weighted by atomic mass is 10.1. The number of rotatable bonds is 9. The number of carbonyl (C=O) groups excluding carboxylic acids is 3. The molecule has 0 bridgehead atoms. The molecule has 7 nitrogen and oxygen atoms in total. The molecule has 1 rings (SSSR count). The van der Waals surface area contributed by atoms with Crippen molar-refractivity contribution in [3.63, 3.8) is 0 Å². The van der Waals surface area contributed by atoms with E-state index in [1.54, 1.807) is 20.8 Å². The summed E-state index contributed by atoms with van der Waals surface area (Å²) in [5.41, 5.74) is 5.66. The van der Waals surface area contributed by atoms with E-state index in [1.807, 2.05) is 30.3 Å². The van der Waals surface area contributed by atoms with Gasteiger partial charge in [-0.3, -0.25) is 9.59 Å². The standard InChI is InChI=1S/C19H29N3O4/c1-19(2,3)26-18(25)22-15(11-12-16(20)23)17(24)21-13-7-10-14-8-5-4-6-9-14/h4-6,8-9,15H,7,10-13H2,1-3H3,(H2,20,23)(H,21,24)(H,22,25)/t15-/m1/s1. The molecule has 1 atom stereocenters. The van der Waals surface area contributed by atoms with E-state index in [4.69, 9.17) is 10.5 Å². The zero-order valence-electron chi connectivity index (χ0n) is 15.7. The summed E-state index contributed by atoms with van der Waals surface area (Å²) in [5, 5.41) is 5.29. The van der Waals surface area contributed by atoms with Crippen molar-refractivity contribution in [1.29, 1.82) is 0 Å². The molecule has 0 radical (unpaired) electrons. The van der Waals surface area contributed by atoms with Crippen LogP contribution in [0.1, 0.15) is 45.6 Å². The SMILES string of the molecule is CC(C)(C)OC(=O)N[C@H](CCC(N)=O)C(=O)NCCCc1ccccc1. The van der Waals surface area contributed by atoms with Gasteiger partial charge < -0.3 is 21.1 Å². The maximum atomic E-state index is 12.3. The Balaban J connectivity index is 2.48. The van der Waals surface area contributed by atoms with Crippen LogP contribution in [-0.4, -0.2) is 36.1 Å². The van der Waals surface area contributed by atoms with Gasteiger partial charge in [-0.2, -0.15) is 0 Å². The summed E-state index contributed by atoms with van der Waals surface area (Å²) >= 11 is 0. The number of nitrogens with two attached hydrogens (primary N) is 1. The highest BCUT2D eigenvalue weighted by Crippen LogP contribution is 2.08. The molecule has 7 heteroatoms. The Morgan fingerprint density at radius 1 is 1.15 bits per heavy atom. The molecule has 1 aromatic carbocycles. The van der Waals surface area contributed by atoms with Crippen molar-refractivity contribution < 1.29 is 19.1 Å². The zero-order valence-corrected chi connectivity index (χ0v) is 15.7. The summed E-state index contributed by atoms with van der Waals surface area (Å²) in [6.45, 7) is 5.66. The van der Waals surface area contributed by atoms with E-state index in [2.05, 4.69) is 10.6 Å². The van der Waals surface area contributed by atoms with Gasteiger partial charge in [0.2, 0.25) is 11.8 Å². The van der Waals surface area contributed by atoms with Gasteiger partial charge >= 0.3 is 6.09 Å². The number of hydrogen-bond acceptors (Lipinski definition) is 4. The van der Waals surface area contributed by atoms with Crippen molar-refractivity contribution >= 4 is 17.9 Å². The van der Waals surface area contributed by atoms with Gasteiger partial charge in [-0.05, 0) is 45.6 Å². The first kappa shape index (κ1) is 21.5. The second kappa shape index (κ2) is 10.4.